The number of halogens is 3. The standard InChI is InChI=1S/C14H13F3N2O3/c1-22-13(21)11(7-4-8-18)19-12(20)9-5-2-3-6-10(9)14(15,16)17/h2-3,5-6,11H,4,7H2,1H3,(H,19,20)/t11-/m0/s1. The number of nitriles is 1. The van der Waals surface area contributed by atoms with Gasteiger partial charge in [-0.3, -0.25) is 4.79 Å². The molecule has 1 atom stereocenters. The van der Waals surface area contributed by atoms with Crippen molar-refractivity contribution in [2.75, 3.05) is 7.11 Å². The minimum absolute atomic E-state index is 0.0525. The molecule has 0 aromatic heterocycles. The molecule has 1 aromatic rings. The van der Waals surface area contributed by atoms with E-state index in [1.54, 1.807) is 6.07 Å². The van der Waals surface area contributed by atoms with Crippen molar-refractivity contribution >= 4 is 11.9 Å². The van der Waals surface area contributed by atoms with Crippen LogP contribution in [0.4, 0.5) is 13.2 Å². The number of alkyl halides is 3. The summed E-state index contributed by atoms with van der Waals surface area (Å²) in [5, 5.41) is 10.7. The van der Waals surface area contributed by atoms with Crippen LogP contribution in [0.25, 0.3) is 0 Å². The van der Waals surface area contributed by atoms with E-state index >= 15 is 0 Å². The van der Waals surface area contributed by atoms with Gasteiger partial charge in [0.25, 0.3) is 5.91 Å². The van der Waals surface area contributed by atoms with Crippen molar-refractivity contribution in [2.24, 2.45) is 0 Å². The number of ether oxygens (including phenoxy) is 1. The molecule has 1 aromatic carbocycles. The number of methoxy groups -OCH3 is 1. The Bertz CT molecular complexity index is 594. The first kappa shape index (κ1) is 17.5. The van der Waals surface area contributed by atoms with Crippen LogP contribution in [0.2, 0.25) is 0 Å². The minimum atomic E-state index is -4.69. The highest BCUT2D eigenvalue weighted by Gasteiger charge is 2.35. The third-order valence-corrected chi connectivity index (χ3v) is 2.81. The molecule has 8 heteroatoms. The Morgan fingerprint density at radius 3 is 2.55 bits per heavy atom. The van der Waals surface area contributed by atoms with E-state index in [2.05, 4.69) is 10.1 Å². The van der Waals surface area contributed by atoms with Gasteiger partial charge in [-0.25, -0.2) is 4.79 Å². The van der Waals surface area contributed by atoms with Gasteiger partial charge < -0.3 is 10.1 Å². The number of hydrogen-bond acceptors (Lipinski definition) is 4. The number of carbonyl (C=O) groups is 2. The van der Waals surface area contributed by atoms with Crippen LogP contribution in [0.5, 0.6) is 0 Å². The Hall–Kier alpha value is -2.56. The summed E-state index contributed by atoms with van der Waals surface area (Å²) in [7, 11) is 1.08. The van der Waals surface area contributed by atoms with E-state index in [4.69, 9.17) is 5.26 Å². The lowest BCUT2D eigenvalue weighted by atomic mass is 10.1. The van der Waals surface area contributed by atoms with Crippen molar-refractivity contribution in [1.29, 1.82) is 5.26 Å². The topological polar surface area (TPSA) is 79.2 Å². The molecule has 0 aliphatic carbocycles. The maximum Gasteiger partial charge on any atom is 0.417 e. The van der Waals surface area contributed by atoms with E-state index in [1.165, 1.54) is 6.07 Å². The molecule has 1 N–H and O–H groups in total. The van der Waals surface area contributed by atoms with Crippen LogP contribution in [0, 0.1) is 11.3 Å². The molecule has 0 bridgehead atoms. The molecule has 0 unspecified atom stereocenters. The average molecular weight is 314 g/mol. The van der Waals surface area contributed by atoms with Crippen molar-refractivity contribution in [3.8, 4) is 6.07 Å². The van der Waals surface area contributed by atoms with Crippen LogP contribution in [0.1, 0.15) is 28.8 Å². The van der Waals surface area contributed by atoms with Gasteiger partial charge in [0.1, 0.15) is 6.04 Å². The van der Waals surface area contributed by atoms with Gasteiger partial charge in [0, 0.05) is 6.42 Å². The summed E-state index contributed by atoms with van der Waals surface area (Å²) in [6, 6.07) is 4.83. The van der Waals surface area contributed by atoms with E-state index in [0.717, 1.165) is 25.3 Å². The summed E-state index contributed by atoms with van der Waals surface area (Å²) in [6.45, 7) is 0. The summed E-state index contributed by atoms with van der Waals surface area (Å²) < 4.78 is 43.0. The average Bonchev–Trinajstić information content (AvgIpc) is 2.49. The lowest BCUT2D eigenvalue weighted by molar-refractivity contribution is -0.143. The molecular formula is C14H13F3N2O3. The van der Waals surface area contributed by atoms with E-state index in [1.807, 2.05) is 0 Å². The van der Waals surface area contributed by atoms with E-state index in [-0.39, 0.29) is 12.8 Å². The first-order valence-corrected chi connectivity index (χ1v) is 6.23. The molecular weight excluding hydrogens is 301 g/mol. The first-order chi connectivity index (χ1) is 10.3. The molecule has 0 fully saturated rings. The number of nitrogens with zero attached hydrogens (tertiary/aromatic N) is 1. The fourth-order valence-corrected chi connectivity index (χ4v) is 1.76. The second kappa shape index (κ2) is 7.45. The molecule has 5 nitrogen and oxygen atoms in total. The molecule has 0 aliphatic heterocycles. The van der Waals surface area contributed by atoms with Gasteiger partial charge in [0.15, 0.2) is 0 Å². The highest BCUT2D eigenvalue weighted by molar-refractivity contribution is 5.98. The van der Waals surface area contributed by atoms with Gasteiger partial charge in [-0.2, -0.15) is 18.4 Å². The molecule has 1 rings (SSSR count). The summed E-state index contributed by atoms with van der Waals surface area (Å²) in [6.07, 6.45) is -4.80. The van der Waals surface area contributed by atoms with Crippen LogP contribution in [0.15, 0.2) is 24.3 Å². The van der Waals surface area contributed by atoms with Gasteiger partial charge in [0.05, 0.1) is 24.3 Å². The summed E-state index contributed by atoms with van der Waals surface area (Å²) in [5.41, 5.74) is -1.70. The largest absolute Gasteiger partial charge is 0.467 e. The minimum Gasteiger partial charge on any atom is -0.467 e. The molecule has 0 saturated heterocycles. The summed E-state index contributed by atoms with van der Waals surface area (Å²) in [4.78, 5) is 23.5. The molecule has 0 spiro atoms. The van der Waals surface area contributed by atoms with Crippen LogP contribution in [0.3, 0.4) is 0 Å². The zero-order valence-corrected chi connectivity index (χ0v) is 11.6. The van der Waals surface area contributed by atoms with E-state index in [9.17, 15) is 22.8 Å². The maximum atomic E-state index is 12.9. The second-order valence-corrected chi connectivity index (χ2v) is 4.29. The molecule has 0 radical (unpaired) electrons. The molecule has 0 heterocycles. The summed E-state index contributed by atoms with van der Waals surface area (Å²) in [5.74, 6) is -1.88. The van der Waals surface area contributed by atoms with Gasteiger partial charge in [-0.15, -0.1) is 0 Å². The molecule has 0 saturated carbocycles. The van der Waals surface area contributed by atoms with Gasteiger partial charge in [-0.05, 0) is 18.6 Å². The fourth-order valence-electron chi connectivity index (χ4n) is 1.76. The number of nitrogens with one attached hydrogen (secondary N) is 1. The predicted molar refractivity (Wildman–Crippen MR) is 69.6 cm³/mol. The number of rotatable bonds is 5. The smallest absolute Gasteiger partial charge is 0.417 e. The number of carbonyl (C=O) groups excluding carboxylic acids is 2. The maximum absolute atomic E-state index is 12.9. The molecule has 1 amide bonds. The SMILES string of the molecule is COC(=O)[C@H](CCC#N)NC(=O)c1ccccc1C(F)(F)F. The Balaban J connectivity index is 3.01. The molecule has 118 valence electrons. The van der Waals surface area contributed by atoms with Crippen molar-refractivity contribution in [2.45, 2.75) is 25.1 Å². The quantitative estimate of drug-likeness (QED) is 0.846. The van der Waals surface area contributed by atoms with Crippen molar-refractivity contribution in [3.05, 3.63) is 35.4 Å². The van der Waals surface area contributed by atoms with Crippen LogP contribution >= 0.6 is 0 Å². The van der Waals surface area contributed by atoms with Gasteiger partial charge in [-0.1, -0.05) is 12.1 Å². The molecule has 0 aliphatic rings. The summed E-state index contributed by atoms with van der Waals surface area (Å²) >= 11 is 0. The van der Waals surface area contributed by atoms with Crippen LogP contribution in [-0.4, -0.2) is 25.0 Å². The van der Waals surface area contributed by atoms with Crippen molar-refractivity contribution < 1.29 is 27.5 Å². The number of hydrogen-bond donors (Lipinski definition) is 1. The second-order valence-electron chi connectivity index (χ2n) is 4.29. The predicted octanol–water partition coefficient (Wildman–Crippen LogP) is 2.28. The number of amides is 1. The van der Waals surface area contributed by atoms with E-state index < -0.39 is 35.2 Å². The van der Waals surface area contributed by atoms with E-state index in [0.29, 0.717) is 0 Å². The number of esters is 1. The van der Waals surface area contributed by atoms with Crippen molar-refractivity contribution in [1.82, 2.24) is 5.32 Å². The van der Waals surface area contributed by atoms with Crippen LogP contribution < -0.4 is 5.32 Å². The Morgan fingerprint density at radius 2 is 2.00 bits per heavy atom. The van der Waals surface area contributed by atoms with Crippen LogP contribution in [-0.2, 0) is 15.7 Å². The number of benzene rings is 1. The zero-order valence-electron chi connectivity index (χ0n) is 11.6. The van der Waals surface area contributed by atoms with Crippen molar-refractivity contribution in [3.63, 3.8) is 0 Å². The van der Waals surface area contributed by atoms with Gasteiger partial charge in [0.2, 0.25) is 0 Å². The molecule has 22 heavy (non-hydrogen) atoms. The lowest BCUT2D eigenvalue weighted by Gasteiger charge is -2.17. The highest BCUT2D eigenvalue weighted by atomic mass is 19.4. The Labute approximate surface area is 124 Å². The third-order valence-electron chi connectivity index (χ3n) is 2.81. The Morgan fingerprint density at radius 1 is 1.36 bits per heavy atom. The highest BCUT2D eigenvalue weighted by Crippen LogP contribution is 2.31. The van der Waals surface area contributed by atoms with Gasteiger partial charge >= 0.3 is 12.1 Å². The normalized spacial score (nSPS) is 12.1. The Kier molecular flexibility index (Phi) is 5.92. The lowest BCUT2D eigenvalue weighted by Crippen LogP contribution is -2.42. The monoisotopic (exact) mass is 314 g/mol. The zero-order chi connectivity index (χ0) is 16.8. The first-order valence-electron chi connectivity index (χ1n) is 6.23. The third kappa shape index (κ3) is 4.48. The fraction of sp³-hybridized carbons (Fsp3) is 0.357.